The van der Waals surface area contributed by atoms with Gasteiger partial charge in [0.15, 0.2) is 0 Å². The number of nitrogens with two attached hydrogens (primary N) is 1. The Morgan fingerprint density at radius 2 is 1.60 bits per heavy atom. The van der Waals surface area contributed by atoms with Gasteiger partial charge in [0, 0.05) is 39.5 Å². The Morgan fingerprint density at radius 3 is 2.29 bits per heavy atom. The summed E-state index contributed by atoms with van der Waals surface area (Å²) in [5, 5.41) is 22.7. The minimum absolute atomic E-state index is 0.0490. The second-order valence-corrected chi connectivity index (χ2v) is 13.7. The Morgan fingerprint density at radius 1 is 0.896 bits per heavy atom. The first kappa shape index (κ1) is 34.0. The number of halogens is 1. The van der Waals surface area contributed by atoms with Crippen LogP contribution in [0, 0.1) is 18.3 Å². The van der Waals surface area contributed by atoms with Gasteiger partial charge in [-0.05, 0) is 89.8 Å². The predicted octanol–water partition coefficient (Wildman–Crippen LogP) is 7.43. The number of benzene rings is 5. The number of nitrogen functional groups attached to an aromatic ring is 1. The van der Waals surface area contributed by atoms with E-state index in [0.717, 1.165) is 16.3 Å². The van der Waals surface area contributed by atoms with Crippen molar-refractivity contribution in [3.8, 4) is 22.6 Å². The van der Waals surface area contributed by atoms with Crippen molar-refractivity contribution in [1.29, 1.82) is 5.41 Å². The molecule has 5 aromatic carbocycles. The minimum atomic E-state index is -4.08. The van der Waals surface area contributed by atoms with Gasteiger partial charge in [-0.2, -0.15) is 0 Å². The maximum absolute atomic E-state index is 13.3. The molecule has 0 aromatic heterocycles. The number of rotatable bonds is 11. The molecule has 0 saturated heterocycles. The second-order valence-electron chi connectivity index (χ2n) is 11.6. The molecule has 10 nitrogen and oxygen atoms in total. The number of hydrogen-bond acceptors (Lipinski definition) is 6. The number of aryl methyl sites for hydroxylation is 1. The van der Waals surface area contributed by atoms with Crippen molar-refractivity contribution >= 4 is 55.8 Å². The molecule has 0 spiro atoms. The summed E-state index contributed by atoms with van der Waals surface area (Å²) in [4.78, 5) is 25.3. The van der Waals surface area contributed by atoms with E-state index in [4.69, 9.17) is 27.5 Å². The summed E-state index contributed by atoms with van der Waals surface area (Å²) in [6.45, 7) is 6.06. The topological polar surface area (TPSA) is 172 Å². The number of anilines is 1. The van der Waals surface area contributed by atoms with Crippen LogP contribution in [0.1, 0.15) is 45.7 Å². The van der Waals surface area contributed by atoms with Gasteiger partial charge in [-0.25, -0.2) is 13.2 Å². The third-order valence-electron chi connectivity index (χ3n) is 7.51. The van der Waals surface area contributed by atoms with Crippen LogP contribution in [0.4, 0.5) is 5.69 Å². The molecule has 12 heteroatoms. The molecule has 5 aromatic rings. The lowest BCUT2D eigenvalue weighted by Gasteiger charge is -2.17. The molecular weight excluding hydrogens is 652 g/mol. The number of carbonyl (C=O) groups is 2. The van der Waals surface area contributed by atoms with Gasteiger partial charge in [0.05, 0.1) is 10.5 Å². The fourth-order valence-electron chi connectivity index (χ4n) is 4.93. The molecule has 0 aliphatic rings. The molecule has 0 aliphatic heterocycles. The number of aromatic carboxylic acids is 1. The van der Waals surface area contributed by atoms with Crippen LogP contribution in [-0.2, 0) is 10.0 Å². The van der Waals surface area contributed by atoms with E-state index in [1.165, 1.54) is 48.5 Å². The van der Waals surface area contributed by atoms with Crippen molar-refractivity contribution in [1.82, 2.24) is 5.32 Å². The molecule has 0 fully saturated rings. The van der Waals surface area contributed by atoms with E-state index < -0.39 is 21.9 Å². The zero-order valence-electron chi connectivity index (χ0n) is 26.3. The molecule has 0 heterocycles. The highest BCUT2D eigenvalue weighted by atomic mass is 35.5. The van der Waals surface area contributed by atoms with Gasteiger partial charge in [-0.15, -0.1) is 0 Å². The summed E-state index contributed by atoms with van der Waals surface area (Å²) in [5.41, 5.74) is 7.50. The van der Waals surface area contributed by atoms with Gasteiger partial charge in [0.1, 0.15) is 17.3 Å². The van der Waals surface area contributed by atoms with Crippen molar-refractivity contribution in [3.63, 3.8) is 0 Å². The first-order valence-corrected chi connectivity index (χ1v) is 16.7. The SMILES string of the molecule is Cc1ccc(S(=O)(=O)Nc2ccc(Oc3ccc4cc(C(=N)N)ccc4c3)c(-c3ccc(C(=O)NCC(C)C)cc3C(=O)O)c2)cc1Cl. The molecule has 0 unspecified atom stereocenters. The number of nitrogens with one attached hydrogen (secondary N) is 3. The normalized spacial score (nSPS) is 11.4. The van der Waals surface area contributed by atoms with Gasteiger partial charge in [0.2, 0.25) is 0 Å². The van der Waals surface area contributed by atoms with Crippen molar-refractivity contribution in [2.75, 3.05) is 11.3 Å². The van der Waals surface area contributed by atoms with Crippen LogP contribution >= 0.6 is 11.6 Å². The number of amides is 1. The van der Waals surface area contributed by atoms with E-state index >= 15 is 0 Å². The van der Waals surface area contributed by atoms with Gasteiger partial charge in [-0.3, -0.25) is 14.9 Å². The third-order valence-corrected chi connectivity index (χ3v) is 9.30. The number of amidine groups is 1. The third kappa shape index (κ3) is 7.59. The second kappa shape index (κ2) is 13.8. The van der Waals surface area contributed by atoms with Crippen LogP contribution < -0.4 is 20.5 Å². The molecular formula is C36H33ClN4O6S. The molecule has 0 radical (unpaired) electrons. The Bertz CT molecular complexity index is 2200. The highest BCUT2D eigenvalue weighted by Crippen LogP contribution is 2.39. The highest BCUT2D eigenvalue weighted by Gasteiger charge is 2.22. The average Bonchev–Trinajstić information content (AvgIpc) is 3.04. The van der Waals surface area contributed by atoms with Crippen LogP contribution in [0.2, 0.25) is 5.02 Å². The quantitative estimate of drug-likeness (QED) is 0.0711. The number of hydrogen-bond donors (Lipinski definition) is 5. The monoisotopic (exact) mass is 684 g/mol. The zero-order valence-corrected chi connectivity index (χ0v) is 27.9. The summed E-state index contributed by atoms with van der Waals surface area (Å²) in [6, 6.07) is 23.8. The van der Waals surface area contributed by atoms with Crippen molar-refractivity contribution in [2.45, 2.75) is 25.7 Å². The molecule has 1 amide bonds. The van der Waals surface area contributed by atoms with Crippen LogP contribution in [0.3, 0.4) is 0 Å². The lowest BCUT2D eigenvalue weighted by Crippen LogP contribution is -2.27. The Labute approximate surface area is 283 Å². The van der Waals surface area contributed by atoms with Gasteiger partial charge in [0.25, 0.3) is 15.9 Å². The number of carboxylic acid groups (broad SMARTS) is 1. The molecule has 0 aliphatic carbocycles. The van der Waals surface area contributed by atoms with Gasteiger partial charge < -0.3 is 20.9 Å². The van der Waals surface area contributed by atoms with E-state index in [1.807, 2.05) is 13.8 Å². The van der Waals surface area contributed by atoms with E-state index in [0.29, 0.717) is 22.9 Å². The average molecular weight is 685 g/mol. The first-order valence-electron chi connectivity index (χ1n) is 14.9. The summed E-state index contributed by atoms with van der Waals surface area (Å²) >= 11 is 6.19. The van der Waals surface area contributed by atoms with Gasteiger partial charge >= 0.3 is 5.97 Å². The standard InChI is InChI=1S/C36H33ClN4O6S/c1-20(2)19-40-35(42)25-8-12-29(31(16-25)36(43)44)30-17-26(41-48(45,46)28-11-4-21(3)32(37)18-28)9-13-33(30)47-27-10-7-22-14-24(34(38)39)6-5-23(22)15-27/h4-18,20,41H,19H2,1-3H3,(H3,38,39)(H,40,42)(H,43,44). The number of sulfonamides is 1. The summed E-state index contributed by atoms with van der Waals surface area (Å²) in [7, 11) is -4.08. The number of fused-ring (bicyclic) bond motifs is 1. The van der Waals surface area contributed by atoms with E-state index in [2.05, 4.69) is 10.0 Å². The zero-order chi connectivity index (χ0) is 34.7. The molecule has 246 valence electrons. The Kier molecular flexibility index (Phi) is 9.74. The Balaban J connectivity index is 1.60. The molecule has 0 bridgehead atoms. The first-order chi connectivity index (χ1) is 22.7. The van der Waals surface area contributed by atoms with Crippen LogP contribution in [-0.4, -0.2) is 37.8 Å². The summed E-state index contributed by atoms with van der Waals surface area (Å²) < 4.78 is 35.5. The molecule has 6 N–H and O–H groups in total. The lowest BCUT2D eigenvalue weighted by molar-refractivity contribution is 0.0697. The minimum Gasteiger partial charge on any atom is -0.478 e. The largest absolute Gasteiger partial charge is 0.478 e. The van der Waals surface area contributed by atoms with Crippen LogP contribution in [0.15, 0.2) is 95.9 Å². The van der Waals surface area contributed by atoms with E-state index in [9.17, 15) is 23.1 Å². The van der Waals surface area contributed by atoms with Crippen molar-refractivity contribution in [3.05, 3.63) is 118 Å². The van der Waals surface area contributed by atoms with Crippen molar-refractivity contribution < 1.29 is 27.9 Å². The number of carboxylic acids is 1. The smallest absolute Gasteiger partial charge is 0.336 e. The number of carbonyl (C=O) groups excluding carboxylic acids is 1. The molecule has 48 heavy (non-hydrogen) atoms. The van der Waals surface area contributed by atoms with E-state index in [-0.39, 0.29) is 50.3 Å². The maximum atomic E-state index is 13.3. The maximum Gasteiger partial charge on any atom is 0.336 e. The number of ether oxygens (including phenoxy) is 1. The predicted molar refractivity (Wildman–Crippen MR) is 188 cm³/mol. The fraction of sp³-hybridized carbons (Fsp3) is 0.139. The molecule has 0 saturated carbocycles. The van der Waals surface area contributed by atoms with Crippen LogP contribution in [0.25, 0.3) is 21.9 Å². The summed E-state index contributed by atoms with van der Waals surface area (Å²) in [6.07, 6.45) is 0. The fourth-order valence-corrected chi connectivity index (χ4v) is 6.25. The summed E-state index contributed by atoms with van der Waals surface area (Å²) in [5.74, 6) is -0.918. The highest BCUT2D eigenvalue weighted by molar-refractivity contribution is 7.92. The van der Waals surface area contributed by atoms with Gasteiger partial charge in [-0.1, -0.05) is 55.8 Å². The van der Waals surface area contributed by atoms with E-state index in [1.54, 1.807) is 49.4 Å². The molecule has 0 atom stereocenters. The van der Waals surface area contributed by atoms with Crippen molar-refractivity contribution in [2.24, 2.45) is 11.7 Å². The Hall–Kier alpha value is -5.39. The molecule has 5 rings (SSSR count). The lowest BCUT2D eigenvalue weighted by atomic mass is 9.96. The van der Waals surface area contributed by atoms with Crippen LogP contribution in [0.5, 0.6) is 11.5 Å².